The topological polar surface area (TPSA) is 100 Å². The van der Waals surface area contributed by atoms with Gasteiger partial charge in [-0.3, -0.25) is 9.79 Å². The molecule has 144 valence electrons. The summed E-state index contributed by atoms with van der Waals surface area (Å²) in [6, 6.07) is 10.1. The van der Waals surface area contributed by atoms with Crippen LogP contribution in [0.15, 0.2) is 44.5 Å². The van der Waals surface area contributed by atoms with E-state index in [2.05, 4.69) is 17.1 Å². The van der Waals surface area contributed by atoms with Crippen molar-refractivity contribution in [3.8, 4) is 11.7 Å². The zero-order chi connectivity index (χ0) is 19.8. The van der Waals surface area contributed by atoms with Crippen molar-refractivity contribution in [1.29, 1.82) is 0 Å². The van der Waals surface area contributed by atoms with Crippen molar-refractivity contribution < 1.29 is 19.4 Å². The lowest BCUT2D eigenvalue weighted by Crippen LogP contribution is -2.17. The van der Waals surface area contributed by atoms with Gasteiger partial charge in [-0.05, 0) is 31.2 Å². The second-order valence-electron chi connectivity index (χ2n) is 6.19. The molecule has 0 aliphatic rings. The summed E-state index contributed by atoms with van der Waals surface area (Å²) in [5, 5.41) is 20.1. The number of aromatic hydroxyl groups is 2. The van der Waals surface area contributed by atoms with E-state index in [9.17, 15) is 19.8 Å². The van der Waals surface area contributed by atoms with E-state index in [0.29, 0.717) is 18.7 Å². The van der Waals surface area contributed by atoms with E-state index in [1.807, 2.05) is 18.2 Å². The van der Waals surface area contributed by atoms with E-state index in [0.717, 1.165) is 19.3 Å². The molecule has 0 aliphatic heterocycles. The molecule has 0 aliphatic carbocycles. The van der Waals surface area contributed by atoms with Gasteiger partial charge in [-0.15, -0.1) is 0 Å². The molecule has 0 saturated heterocycles. The standard InChI is InChI=1S/C21H25NO5/c1-3-15(22-13-9-8-12-14-10-6-5-7-11-14)17-19(24)18(16(23)4-2)21(26)27-20(17)25/h5-7,10-11,24,26H,3-4,8-9,12-13H2,1-2H3. The van der Waals surface area contributed by atoms with Crippen molar-refractivity contribution >= 4 is 11.5 Å². The number of carbonyl (C=O) groups is 1. The Morgan fingerprint density at radius 3 is 2.37 bits per heavy atom. The molecule has 2 rings (SSSR count). The summed E-state index contributed by atoms with van der Waals surface area (Å²) in [4.78, 5) is 28.5. The van der Waals surface area contributed by atoms with Gasteiger partial charge in [0, 0.05) is 13.0 Å². The van der Waals surface area contributed by atoms with Crippen LogP contribution in [-0.4, -0.2) is 28.3 Å². The first-order valence-corrected chi connectivity index (χ1v) is 9.19. The molecule has 0 spiro atoms. The number of carbonyl (C=O) groups excluding carboxylic acids is 1. The van der Waals surface area contributed by atoms with Crippen LogP contribution >= 0.6 is 0 Å². The molecule has 1 heterocycles. The maximum absolute atomic E-state index is 12.1. The molecule has 0 atom stereocenters. The molecule has 0 fully saturated rings. The van der Waals surface area contributed by atoms with Gasteiger partial charge in [-0.2, -0.15) is 0 Å². The van der Waals surface area contributed by atoms with Gasteiger partial charge < -0.3 is 14.6 Å². The number of rotatable bonds is 9. The highest BCUT2D eigenvalue weighted by Gasteiger charge is 2.25. The van der Waals surface area contributed by atoms with E-state index in [-0.39, 0.29) is 17.5 Å². The van der Waals surface area contributed by atoms with E-state index >= 15 is 0 Å². The summed E-state index contributed by atoms with van der Waals surface area (Å²) in [7, 11) is 0. The van der Waals surface area contributed by atoms with Gasteiger partial charge in [-0.1, -0.05) is 44.2 Å². The van der Waals surface area contributed by atoms with Gasteiger partial charge in [0.25, 0.3) is 5.95 Å². The Labute approximate surface area is 158 Å². The van der Waals surface area contributed by atoms with Crippen molar-refractivity contribution in [1.82, 2.24) is 0 Å². The fraction of sp³-hybridized carbons (Fsp3) is 0.381. The van der Waals surface area contributed by atoms with Crippen molar-refractivity contribution in [2.75, 3.05) is 6.54 Å². The lowest BCUT2D eigenvalue weighted by Gasteiger charge is -2.10. The van der Waals surface area contributed by atoms with Gasteiger partial charge >= 0.3 is 5.63 Å². The van der Waals surface area contributed by atoms with E-state index in [1.54, 1.807) is 13.8 Å². The Morgan fingerprint density at radius 2 is 1.74 bits per heavy atom. The highest BCUT2D eigenvalue weighted by atomic mass is 16.5. The van der Waals surface area contributed by atoms with Gasteiger partial charge in [0.2, 0.25) is 0 Å². The van der Waals surface area contributed by atoms with Crippen molar-refractivity contribution in [3.63, 3.8) is 0 Å². The summed E-state index contributed by atoms with van der Waals surface area (Å²) < 4.78 is 4.75. The zero-order valence-corrected chi connectivity index (χ0v) is 15.7. The molecule has 0 saturated carbocycles. The van der Waals surface area contributed by atoms with E-state index in [4.69, 9.17) is 4.42 Å². The largest absolute Gasteiger partial charge is 0.506 e. The summed E-state index contributed by atoms with van der Waals surface area (Å²) in [5.74, 6) is -1.92. The molecule has 0 unspecified atom stereocenters. The third kappa shape index (κ3) is 5.06. The number of ketones is 1. The van der Waals surface area contributed by atoms with Crippen LogP contribution < -0.4 is 5.63 Å². The zero-order valence-electron chi connectivity index (χ0n) is 15.7. The minimum atomic E-state index is -0.900. The van der Waals surface area contributed by atoms with Crippen molar-refractivity contribution in [2.45, 2.75) is 46.0 Å². The minimum Gasteiger partial charge on any atom is -0.506 e. The first-order valence-electron chi connectivity index (χ1n) is 9.19. The third-order valence-electron chi connectivity index (χ3n) is 4.32. The number of Topliss-reactive ketones (excluding diaryl/α,β-unsaturated/α-hetero) is 1. The normalized spacial score (nSPS) is 11.6. The van der Waals surface area contributed by atoms with Crippen LogP contribution in [0.1, 0.15) is 61.0 Å². The van der Waals surface area contributed by atoms with Crippen LogP contribution in [0.3, 0.4) is 0 Å². The van der Waals surface area contributed by atoms with Gasteiger partial charge in [0.1, 0.15) is 16.9 Å². The van der Waals surface area contributed by atoms with Gasteiger partial charge in [0.05, 0.1) is 5.71 Å². The number of aliphatic imine (C=N–C) groups is 1. The highest BCUT2D eigenvalue weighted by Crippen LogP contribution is 2.30. The number of hydrogen-bond donors (Lipinski definition) is 2. The first-order chi connectivity index (χ1) is 13.0. The van der Waals surface area contributed by atoms with Crippen LogP contribution in [-0.2, 0) is 6.42 Å². The minimum absolute atomic E-state index is 0.0619. The van der Waals surface area contributed by atoms with Crippen molar-refractivity contribution in [3.05, 3.63) is 57.4 Å². The number of benzene rings is 1. The lowest BCUT2D eigenvalue weighted by molar-refractivity contribution is 0.0976. The Morgan fingerprint density at radius 1 is 1.04 bits per heavy atom. The predicted octanol–water partition coefficient (Wildman–Crippen LogP) is 3.87. The molecule has 2 N–H and O–H groups in total. The monoisotopic (exact) mass is 371 g/mol. The smallest absolute Gasteiger partial charge is 0.351 e. The molecule has 0 radical (unpaired) electrons. The fourth-order valence-corrected chi connectivity index (χ4v) is 2.86. The quantitative estimate of drug-likeness (QED) is 0.396. The molecule has 6 nitrogen and oxygen atoms in total. The number of hydrogen-bond acceptors (Lipinski definition) is 6. The molecule has 27 heavy (non-hydrogen) atoms. The Hall–Kier alpha value is -2.89. The number of unbranched alkanes of at least 4 members (excludes halogenated alkanes) is 1. The summed E-state index contributed by atoms with van der Waals surface area (Å²) in [6.45, 7) is 3.89. The molecule has 2 aromatic rings. The van der Waals surface area contributed by atoms with Crippen LogP contribution in [0.5, 0.6) is 11.7 Å². The maximum atomic E-state index is 12.1. The van der Waals surface area contributed by atoms with Crippen LogP contribution in [0.2, 0.25) is 0 Å². The average Bonchev–Trinajstić information content (AvgIpc) is 2.66. The summed E-state index contributed by atoms with van der Waals surface area (Å²) >= 11 is 0. The highest BCUT2D eigenvalue weighted by molar-refractivity contribution is 6.07. The Kier molecular flexibility index (Phi) is 7.34. The summed E-state index contributed by atoms with van der Waals surface area (Å²) in [6.07, 6.45) is 3.16. The average molecular weight is 371 g/mol. The van der Waals surface area contributed by atoms with Crippen LogP contribution in [0.4, 0.5) is 0 Å². The molecule has 6 heteroatoms. The SMILES string of the molecule is CCC(=O)c1c(O)oc(=O)c(C(CC)=NCCCCc2ccccc2)c1O. The fourth-order valence-electron chi connectivity index (χ4n) is 2.86. The third-order valence-corrected chi connectivity index (χ3v) is 4.32. The van der Waals surface area contributed by atoms with Gasteiger partial charge in [-0.25, -0.2) is 4.79 Å². The molecular weight excluding hydrogens is 346 g/mol. The number of nitrogens with zero attached hydrogens (tertiary/aromatic N) is 1. The Bertz CT molecular complexity index is 868. The van der Waals surface area contributed by atoms with Crippen LogP contribution in [0, 0.1) is 0 Å². The molecule has 1 aromatic carbocycles. The maximum Gasteiger partial charge on any atom is 0.351 e. The number of aryl methyl sites for hydroxylation is 1. The Balaban J connectivity index is 2.15. The molecule has 0 amide bonds. The summed E-state index contributed by atoms with van der Waals surface area (Å²) in [5.41, 5.74) is 0.220. The first kappa shape index (κ1) is 20.4. The second kappa shape index (κ2) is 9.71. The molecule has 0 bridgehead atoms. The van der Waals surface area contributed by atoms with E-state index in [1.165, 1.54) is 5.56 Å². The lowest BCUT2D eigenvalue weighted by atomic mass is 10.0. The molecular formula is C21H25NO5. The van der Waals surface area contributed by atoms with Gasteiger partial charge in [0.15, 0.2) is 5.78 Å². The predicted molar refractivity (Wildman–Crippen MR) is 104 cm³/mol. The second-order valence-corrected chi connectivity index (χ2v) is 6.19. The molecule has 1 aromatic heterocycles. The van der Waals surface area contributed by atoms with Crippen molar-refractivity contribution in [2.24, 2.45) is 4.99 Å². The van der Waals surface area contributed by atoms with E-state index < -0.39 is 23.1 Å². The van der Waals surface area contributed by atoms with Crippen LogP contribution in [0.25, 0.3) is 0 Å².